The topological polar surface area (TPSA) is 3.24 Å². The lowest BCUT2D eigenvalue weighted by atomic mass is 9.64. The van der Waals surface area contributed by atoms with Gasteiger partial charge < -0.3 is 0 Å². The molecule has 0 aromatic heterocycles. The Kier molecular flexibility index (Phi) is 3.63. The Morgan fingerprint density at radius 2 is 1.62 bits per heavy atom. The first kappa shape index (κ1) is 12.4. The Balaban J connectivity index is 2.13. The molecule has 0 spiro atoms. The highest BCUT2D eigenvalue weighted by Crippen LogP contribution is 2.48. The molecule has 2 atom stereocenters. The molecule has 0 N–H and O–H groups in total. The monoisotopic (exact) mass is 223 g/mol. The fourth-order valence-corrected chi connectivity index (χ4v) is 4.10. The number of likely N-dealkylation sites (tertiary alicyclic amines) is 1. The SMILES string of the molecule is CCC1(C)CCCC(CC)(N2CCCC2)C1. The minimum Gasteiger partial charge on any atom is -0.298 e. The van der Waals surface area contributed by atoms with E-state index in [1.54, 1.807) is 0 Å². The third kappa shape index (κ3) is 2.16. The number of hydrogen-bond acceptors (Lipinski definition) is 1. The van der Waals surface area contributed by atoms with E-state index in [0.29, 0.717) is 11.0 Å². The predicted octanol–water partition coefficient (Wildman–Crippen LogP) is 4.22. The van der Waals surface area contributed by atoms with Gasteiger partial charge in [0.05, 0.1) is 0 Å². The lowest BCUT2D eigenvalue weighted by molar-refractivity contribution is 0.00705. The van der Waals surface area contributed by atoms with E-state index >= 15 is 0 Å². The van der Waals surface area contributed by atoms with E-state index in [0.717, 1.165) is 0 Å². The number of hydrogen-bond donors (Lipinski definition) is 0. The second-order valence-electron chi connectivity index (χ2n) is 6.47. The molecule has 2 rings (SSSR count). The Morgan fingerprint density at radius 1 is 0.938 bits per heavy atom. The molecule has 0 bridgehead atoms. The summed E-state index contributed by atoms with van der Waals surface area (Å²) >= 11 is 0. The van der Waals surface area contributed by atoms with E-state index in [2.05, 4.69) is 25.7 Å². The van der Waals surface area contributed by atoms with Crippen molar-refractivity contribution in [3.8, 4) is 0 Å². The zero-order valence-corrected chi connectivity index (χ0v) is 11.5. The van der Waals surface area contributed by atoms with Gasteiger partial charge in [0.2, 0.25) is 0 Å². The molecule has 0 amide bonds. The summed E-state index contributed by atoms with van der Waals surface area (Å²) in [4.78, 5) is 2.83. The van der Waals surface area contributed by atoms with Crippen LogP contribution in [0, 0.1) is 5.41 Å². The largest absolute Gasteiger partial charge is 0.298 e. The summed E-state index contributed by atoms with van der Waals surface area (Å²) in [6.45, 7) is 10.1. The normalized spacial score (nSPS) is 41.4. The van der Waals surface area contributed by atoms with Crippen molar-refractivity contribution >= 4 is 0 Å². The van der Waals surface area contributed by atoms with Gasteiger partial charge in [-0.05, 0) is 57.0 Å². The molecule has 1 heteroatoms. The Labute approximate surface area is 102 Å². The van der Waals surface area contributed by atoms with Crippen LogP contribution in [0.3, 0.4) is 0 Å². The summed E-state index contributed by atoms with van der Waals surface area (Å²) in [6, 6.07) is 0. The molecule has 0 radical (unpaired) electrons. The van der Waals surface area contributed by atoms with Crippen molar-refractivity contribution in [2.45, 2.75) is 77.7 Å². The van der Waals surface area contributed by atoms with Crippen molar-refractivity contribution < 1.29 is 0 Å². The zero-order chi connectivity index (χ0) is 11.6. The molecule has 1 nitrogen and oxygen atoms in total. The van der Waals surface area contributed by atoms with Gasteiger partial charge in [-0.2, -0.15) is 0 Å². The van der Waals surface area contributed by atoms with Gasteiger partial charge in [-0.25, -0.2) is 0 Å². The van der Waals surface area contributed by atoms with Crippen LogP contribution in [0.1, 0.15) is 72.1 Å². The van der Waals surface area contributed by atoms with E-state index in [1.165, 1.54) is 64.5 Å². The molecule has 2 fully saturated rings. The molecule has 2 aliphatic rings. The molecular formula is C15H29N. The van der Waals surface area contributed by atoms with Crippen molar-refractivity contribution in [1.82, 2.24) is 4.90 Å². The summed E-state index contributed by atoms with van der Waals surface area (Å²) in [6.07, 6.45) is 11.4. The molecule has 0 aromatic rings. The quantitative estimate of drug-likeness (QED) is 0.692. The molecule has 0 aromatic carbocycles. The molecule has 1 aliphatic carbocycles. The van der Waals surface area contributed by atoms with Crippen molar-refractivity contribution in [2.24, 2.45) is 5.41 Å². The summed E-state index contributed by atoms with van der Waals surface area (Å²) in [5, 5.41) is 0. The van der Waals surface area contributed by atoms with Crippen LogP contribution in [-0.2, 0) is 0 Å². The van der Waals surface area contributed by atoms with Gasteiger partial charge in [0.1, 0.15) is 0 Å². The molecule has 94 valence electrons. The molecule has 1 heterocycles. The van der Waals surface area contributed by atoms with E-state index < -0.39 is 0 Å². The highest BCUT2D eigenvalue weighted by atomic mass is 15.2. The van der Waals surface area contributed by atoms with Crippen molar-refractivity contribution in [3.63, 3.8) is 0 Å². The fraction of sp³-hybridized carbons (Fsp3) is 1.00. The van der Waals surface area contributed by atoms with E-state index in [4.69, 9.17) is 0 Å². The predicted molar refractivity (Wildman–Crippen MR) is 70.7 cm³/mol. The van der Waals surface area contributed by atoms with Crippen LogP contribution in [0.5, 0.6) is 0 Å². The Bertz CT molecular complexity index is 232. The minimum atomic E-state index is 0.569. The number of rotatable bonds is 3. The fourth-order valence-electron chi connectivity index (χ4n) is 4.10. The van der Waals surface area contributed by atoms with Crippen LogP contribution in [0.4, 0.5) is 0 Å². The van der Waals surface area contributed by atoms with Gasteiger partial charge in [-0.3, -0.25) is 4.90 Å². The molecule has 16 heavy (non-hydrogen) atoms. The maximum atomic E-state index is 2.83. The smallest absolute Gasteiger partial charge is 0.0212 e. The van der Waals surface area contributed by atoms with Crippen molar-refractivity contribution in [2.75, 3.05) is 13.1 Å². The average Bonchev–Trinajstić information content (AvgIpc) is 2.83. The average molecular weight is 223 g/mol. The third-order valence-electron chi connectivity index (χ3n) is 5.47. The molecular weight excluding hydrogens is 194 g/mol. The summed E-state index contributed by atoms with van der Waals surface area (Å²) in [5.41, 5.74) is 1.19. The van der Waals surface area contributed by atoms with Gasteiger partial charge in [0.15, 0.2) is 0 Å². The zero-order valence-electron chi connectivity index (χ0n) is 11.5. The Hall–Kier alpha value is -0.0400. The van der Waals surface area contributed by atoms with Crippen LogP contribution < -0.4 is 0 Å². The van der Waals surface area contributed by atoms with Gasteiger partial charge in [0, 0.05) is 5.54 Å². The Morgan fingerprint density at radius 3 is 2.19 bits per heavy atom. The summed E-state index contributed by atoms with van der Waals surface area (Å²) < 4.78 is 0. The lowest BCUT2D eigenvalue weighted by Gasteiger charge is -2.51. The van der Waals surface area contributed by atoms with Crippen molar-refractivity contribution in [3.05, 3.63) is 0 Å². The molecule has 1 saturated heterocycles. The van der Waals surface area contributed by atoms with E-state index in [9.17, 15) is 0 Å². The van der Waals surface area contributed by atoms with Crippen LogP contribution >= 0.6 is 0 Å². The standard InChI is InChI=1S/C15H29N/c1-4-14(3)9-8-10-15(5-2,13-14)16-11-6-7-12-16/h4-13H2,1-3H3. The van der Waals surface area contributed by atoms with Gasteiger partial charge in [0.25, 0.3) is 0 Å². The van der Waals surface area contributed by atoms with Gasteiger partial charge in [-0.1, -0.05) is 33.6 Å². The first-order valence-corrected chi connectivity index (χ1v) is 7.39. The second-order valence-corrected chi connectivity index (χ2v) is 6.47. The summed E-state index contributed by atoms with van der Waals surface area (Å²) in [5.74, 6) is 0. The first-order valence-electron chi connectivity index (χ1n) is 7.39. The summed E-state index contributed by atoms with van der Waals surface area (Å²) in [7, 11) is 0. The minimum absolute atomic E-state index is 0.569. The number of nitrogens with zero attached hydrogens (tertiary/aromatic N) is 1. The van der Waals surface area contributed by atoms with E-state index in [-0.39, 0.29) is 0 Å². The highest BCUT2D eigenvalue weighted by molar-refractivity contribution is 4.99. The van der Waals surface area contributed by atoms with E-state index in [1.807, 2.05) is 0 Å². The van der Waals surface area contributed by atoms with Crippen LogP contribution in [0.15, 0.2) is 0 Å². The van der Waals surface area contributed by atoms with Gasteiger partial charge >= 0.3 is 0 Å². The molecule has 1 aliphatic heterocycles. The van der Waals surface area contributed by atoms with Crippen LogP contribution in [-0.4, -0.2) is 23.5 Å². The highest BCUT2D eigenvalue weighted by Gasteiger charge is 2.44. The second kappa shape index (κ2) is 4.68. The molecule has 1 saturated carbocycles. The third-order valence-corrected chi connectivity index (χ3v) is 5.47. The van der Waals surface area contributed by atoms with Crippen LogP contribution in [0.25, 0.3) is 0 Å². The lowest BCUT2D eigenvalue weighted by Crippen LogP contribution is -2.52. The van der Waals surface area contributed by atoms with Crippen molar-refractivity contribution in [1.29, 1.82) is 0 Å². The maximum Gasteiger partial charge on any atom is 0.0212 e. The molecule has 2 unspecified atom stereocenters. The first-order chi connectivity index (χ1) is 7.64. The van der Waals surface area contributed by atoms with Gasteiger partial charge in [-0.15, -0.1) is 0 Å². The maximum absolute atomic E-state index is 2.83. The van der Waals surface area contributed by atoms with Crippen LogP contribution in [0.2, 0.25) is 0 Å².